The van der Waals surface area contributed by atoms with Crippen LogP contribution in [0.5, 0.6) is 0 Å². The lowest BCUT2D eigenvalue weighted by atomic mass is 10.1. The van der Waals surface area contributed by atoms with E-state index in [1.807, 2.05) is 0 Å². The van der Waals surface area contributed by atoms with Gasteiger partial charge in [-0.3, -0.25) is 4.98 Å². The Morgan fingerprint density at radius 3 is 2.81 bits per heavy atom. The second-order valence-electron chi connectivity index (χ2n) is 5.43. The molecule has 1 aromatic rings. The Morgan fingerprint density at radius 2 is 2.19 bits per heavy atom. The van der Waals surface area contributed by atoms with Gasteiger partial charge >= 0.3 is 0 Å². The molecule has 1 fully saturated rings. The van der Waals surface area contributed by atoms with Crippen molar-refractivity contribution in [3.8, 4) is 0 Å². The van der Waals surface area contributed by atoms with E-state index in [2.05, 4.69) is 9.88 Å². The fraction of sp³-hybridized carbons (Fsp3) is 0.667. The van der Waals surface area contributed by atoms with Gasteiger partial charge in [-0.2, -0.15) is 0 Å². The van der Waals surface area contributed by atoms with Gasteiger partial charge in [-0.1, -0.05) is 0 Å². The Labute approximate surface area is 124 Å². The van der Waals surface area contributed by atoms with Crippen LogP contribution in [0.4, 0.5) is 4.39 Å². The summed E-state index contributed by atoms with van der Waals surface area (Å²) in [5.74, 6) is -0.337. The van der Waals surface area contributed by atoms with Gasteiger partial charge in [0.1, 0.15) is 5.82 Å². The summed E-state index contributed by atoms with van der Waals surface area (Å²) in [6.45, 7) is 3.39. The number of aromatic nitrogens is 1. The summed E-state index contributed by atoms with van der Waals surface area (Å²) in [4.78, 5) is 6.39. The van der Waals surface area contributed by atoms with Gasteiger partial charge in [0, 0.05) is 19.1 Å². The highest BCUT2D eigenvalue weighted by atomic mass is 19.1. The van der Waals surface area contributed by atoms with E-state index in [-0.39, 0.29) is 24.6 Å². The van der Waals surface area contributed by atoms with E-state index in [1.54, 1.807) is 6.07 Å². The van der Waals surface area contributed by atoms with Gasteiger partial charge in [0.15, 0.2) is 0 Å². The van der Waals surface area contributed by atoms with Crippen LogP contribution in [-0.4, -0.2) is 53.9 Å². The van der Waals surface area contributed by atoms with Crippen molar-refractivity contribution in [2.24, 2.45) is 5.73 Å². The lowest BCUT2D eigenvalue weighted by molar-refractivity contribution is -0.00803. The number of ether oxygens (including phenoxy) is 1. The first-order valence-electron chi connectivity index (χ1n) is 7.51. The molecule has 0 radical (unpaired) electrons. The fourth-order valence-electron chi connectivity index (χ4n) is 2.60. The third kappa shape index (κ3) is 5.32. The Kier molecular flexibility index (Phi) is 6.50. The molecule has 21 heavy (non-hydrogen) atoms. The number of aliphatic hydroxyl groups is 1. The first-order valence-corrected chi connectivity index (χ1v) is 7.51. The molecule has 118 valence electrons. The monoisotopic (exact) mass is 297 g/mol. The molecule has 0 aliphatic carbocycles. The van der Waals surface area contributed by atoms with Crippen molar-refractivity contribution in [3.05, 3.63) is 29.8 Å². The number of piperidine rings is 1. The maximum atomic E-state index is 12.8. The SMILES string of the molecule is NC(CCN1CCC(OCCO)CC1)c1ccc(F)cn1. The quantitative estimate of drug-likeness (QED) is 0.788. The first kappa shape index (κ1) is 16.3. The molecule has 1 unspecified atom stereocenters. The minimum atomic E-state index is -0.337. The summed E-state index contributed by atoms with van der Waals surface area (Å²) in [7, 11) is 0. The number of aliphatic hydroxyl groups excluding tert-OH is 1. The molecule has 6 heteroatoms. The summed E-state index contributed by atoms with van der Waals surface area (Å²) in [5.41, 5.74) is 6.83. The lowest BCUT2D eigenvalue weighted by Crippen LogP contribution is -2.38. The topological polar surface area (TPSA) is 71.6 Å². The van der Waals surface area contributed by atoms with Gasteiger partial charge in [-0.05, 0) is 37.9 Å². The van der Waals surface area contributed by atoms with Crippen molar-refractivity contribution < 1.29 is 14.2 Å². The third-order valence-electron chi connectivity index (χ3n) is 3.87. The molecule has 1 aliphatic heterocycles. The van der Waals surface area contributed by atoms with E-state index in [1.165, 1.54) is 12.3 Å². The molecule has 1 saturated heterocycles. The minimum absolute atomic E-state index is 0.0831. The molecule has 0 spiro atoms. The van der Waals surface area contributed by atoms with E-state index in [0.717, 1.165) is 44.6 Å². The zero-order chi connectivity index (χ0) is 15.1. The summed E-state index contributed by atoms with van der Waals surface area (Å²) in [5, 5.41) is 8.74. The van der Waals surface area contributed by atoms with Gasteiger partial charge in [-0.25, -0.2) is 4.39 Å². The van der Waals surface area contributed by atoms with Crippen LogP contribution in [-0.2, 0) is 4.74 Å². The maximum Gasteiger partial charge on any atom is 0.141 e. The van der Waals surface area contributed by atoms with Crippen molar-refractivity contribution in [2.45, 2.75) is 31.4 Å². The van der Waals surface area contributed by atoms with Gasteiger partial charge in [0.2, 0.25) is 0 Å². The van der Waals surface area contributed by atoms with Crippen molar-refractivity contribution in [2.75, 3.05) is 32.8 Å². The average molecular weight is 297 g/mol. The van der Waals surface area contributed by atoms with Gasteiger partial charge in [0.05, 0.1) is 31.2 Å². The Bertz CT molecular complexity index is 408. The van der Waals surface area contributed by atoms with Gasteiger partial charge < -0.3 is 20.5 Å². The fourth-order valence-corrected chi connectivity index (χ4v) is 2.60. The molecule has 1 atom stereocenters. The summed E-state index contributed by atoms with van der Waals surface area (Å²) in [6, 6.07) is 2.88. The maximum absolute atomic E-state index is 12.8. The van der Waals surface area contributed by atoms with Crippen LogP contribution in [0.2, 0.25) is 0 Å². The van der Waals surface area contributed by atoms with E-state index in [9.17, 15) is 4.39 Å². The Hall–Kier alpha value is -1.08. The number of rotatable bonds is 7. The second kappa shape index (κ2) is 8.38. The molecule has 0 bridgehead atoms. The number of pyridine rings is 1. The predicted molar refractivity (Wildman–Crippen MR) is 78.2 cm³/mol. The van der Waals surface area contributed by atoms with E-state index < -0.39 is 0 Å². The number of halogens is 1. The number of hydrogen-bond donors (Lipinski definition) is 2. The van der Waals surface area contributed by atoms with Crippen LogP contribution >= 0.6 is 0 Å². The molecule has 0 aromatic carbocycles. The first-order chi connectivity index (χ1) is 10.2. The van der Waals surface area contributed by atoms with Crippen molar-refractivity contribution in [1.82, 2.24) is 9.88 Å². The molecular weight excluding hydrogens is 273 g/mol. The summed E-state index contributed by atoms with van der Waals surface area (Å²) in [6.07, 6.45) is 4.26. The largest absolute Gasteiger partial charge is 0.394 e. The van der Waals surface area contributed by atoms with Gasteiger partial charge in [0.25, 0.3) is 0 Å². The zero-order valence-corrected chi connectivity index (χ0v) is 12.2. The highest BCUT2D eigenvalue weighted by Crippen LogP contribution is 2.17. The van der Waals surface area contributed by atoms with Crippen LogP contribution in [0.15, 0.2) is 18.3 Å². The molecule has 3 N–H and O–H groups in total. The molecule has 2 rings (SSSR count). The van der Waals surface area contributed by atoms with Crippen LogP contribution in [0.3, 0.4) is 0 Å². The average Bonchev–Trinajstić information content (AvgIpc) is 2.52. The van der Waals surface area contributed by atoms with E-state index in [0.29, 0.717) is 6.61 Å². The molecule has 5 nitrogen and oxygen atoms in total. The van der Waals surface area contributed by atoms with Crippen molar-refractivity contribution in [3.63, 3.8) is 0 Å². The van der Waals surface area contributed by atoms with Crippen LogP contribution in [0.1, 0.15) is 31.0 Å². The number of nitrogens with zero attached hydrogens (tertiary/aromatic N) is 2. The number of hydrogen-bond acceptors (Lipinski definition) is 5. The lowest BCUT2D eigenvalue weighted by Gasteiger charge is -2.32. The van der Waals surface area contributed by atoms with E-state index in [4.69, 9.17) is 15.6 Å². The summed E-state index contributed by atoms with van der Waals surface area (Å²) >= 11 is 0. The number of nitrogens with two attached hydrogens (primary N) is 1. The molecule has 1 aliphatic rings. The standard InChI is InChI=1S/C15H24FN3O2/c16-12-1-2-15(18-11-12)14(17)5-8-19-6-3-13(4-7-19)21-10-9-20/h1-2,11,13-14,20H,3-10,17H2. The normalized spacial score (nSPS) is 18.8. The van der Waals surface area contributed by atoms with E-state index >= 15 is 0 Å². The highest BCUT2D eigenvalue weighted by Gasteiger charge is 2.20. The van der Waals surface area contributed by atoms with Crippen LogP contribution < -0.4 is 5.73 Å². The highest BCUT2D eigenvalue weighted by molar-refractivity contribution is 5.09. The zero-order valence-electron chi connectivity index (χ0n) is 12.2. The smallest absolute Gasteiger partial charge is 0.141 e. The molecule has 0 saturated carbocycles. The third-order valence-corrected chi connectivity index (χ3v) is 3.87. The minimum Gasteiger partial charge on any atom is -0.394 e. The second-order valence-corrected chi connectivity index (χ2v) is 5.43. The Morgan fingerprint density at radius 1 is 1.43 bits per heavy atom. The molecule has 0 amide bonds. The van der Waals surface area contributed by atoms with Crippen molar-refractivity contribution in [1.29, 1.82) is 0 Å². The predicted octanol–water partition coefficient (Wildman–Crippen LogP) is 1.08. The molecule has 2 heterocycles. The van der Waals surface area contributed by atoms with Crippen molar-refractivity contribution >= 4 is 0 Å². The van der Waals surface area contributed by atoms with Gasteiger partial charge in [-0.15, -0.1) is 0 Å². The summed E-state index contributed by atoms with van der Waals surface area (Å²) < 4.78 is 18.4. The molecule has 1 aromatic heterocycles. The van der Waals surface area contributed by atoms with Crippen LogP contribution in [0.25, 0.3) is 0 Å². The Balaban J connectivity index is 1.68. The number of likely N-dealkylation sites (tertiary alicyclic amines) is 1. The van der Waals surface area contributed by atoms with Crippen LogP contribution in [0, 0.1) is 5.82 Å². The molecular formula is C15H24FN3O2.